The fraction of sp³-hybridized carbons (Fsp3) is 0.0784. The second-order valence-corrected chi connectivity index (χ2v) is 14.7. The van der Waals surface area contributed by atoms with E-state index in [0.29, 0.717) is 0 Å². The van der Waals surface area contributed by atoms with Crippen molar-refractivity contribution in [2.45, 2.75) is 23.9 Å². The van der Waals surface area contributed by atoms with Gasteiger partial charge in [-0.25, -0.2) is 5.32 Å². The van der Waals surface area contributed by atoms with Gasteiger partial charge in [0.2, 0.25) is 0 Å². The van der Waals surface area contributed by atoms with Gasteiger partial charge in [0.25, 0.3) is 6.17 Å². The molecule has 3 nitrogen and oxygen atoms in total. The molecular formula is C51H38N3+. The average Bonchev–Trinajstić information content (AvgIpc) is 3.70. The summed E-state index contributed by atoms with van der Waals surface area (Å²) in [5.41, 5.74) is 14.9. The first-order valence-corrected chi connectivity index (χ1v) is 19.0. The molecule has 1 aromatic heterocycles. The molecule has 0 radical (unpaired) electrons. The summed E-state index contributed by atoms with van der Waals surface area (Å²) in [4.78, 5) is 0. The Morgan fingerprint density at radius 1 is 0.556 bits per heavy atom. The first-order chi connectivity index (χ1) is 26.8. The number of nitrogens with zero attached hydrogens (tertiary/aromatic N) is 2. The van der Waals surface area contributed by atoms with Gasteiger partial charge in [-0.2, -0.15) is 4.68 Å². The molecule has 7 aromatic carbocycles. The fourth-order valence-corrected chi connectivity index (χ4v) is 9.54. The molecule has 1 N–H and O–H groups in total. The molecule has 1 aliphatic heterocycles. The third-order valence-electron chi connectivity index (χ3n) is 11.9. The second-order valence-electron chi connectivity index (χ2n) is 14.7. The zero-order valence-corrected chi connectivity index (χ0v) is 29.8. The highest BCUT2D eigenvalue weighted by atomic mass is 15.6. The Bertz CT molecular complexity index is 2710. The van der Waals surface area contributed by atoms with Crippen LogP contribution in [0.5, 0.6) is 0 Å². The zero-order chi connectivity index (χ0) is 35.6. The lowest BCUT2D eigenvalue weighted by Crippen LogP contribution is -2.55. The number of allylic oxidation sites excluding steroid dienone is 1. The van der Waals surface area contributed by atoms with E-state index in [-0.39, 0.29) is 12.1 Å². The van der Waals surface area contributed by atoms with Crippen molar-refractivity contribution in [3.05, 3.63) is 244 Å². The van der Waals surface area contributed by atoms with Gasteiger partial charge < -0.3 is 0 Å². The van der Waals surface area contributed by atoms with Crippen molar-refractivity contribution >= 4 is 22.8 Å². The maximum absolute atomic E-state index is 3.89. The number of hydrogen-bond donors (Lipinski definition) is 1. The van der Waals surface area contributed by atoms with Gasteiger partial charge in [-0.3, -0.25) is 0 Å². The van der Waals surface area contributed by atoms with E-state index in [9.17, 15) is 0 Å². The predicted octanol–water partition coefficient (Wildman–Crippen LogP) is 10.9. The first kappa shape index (κ1) is 30.9. The van der Waals surface area contributed by atoms with E-state index in [0.717, 1.165) is 12.3 Å². The van der Waals surface area contributed by atoms with Crippen LogP contribution in [0.3, 0.4) is 0 Å². The number of rotatable bonds is 6. The van der Waals surface area contributed by atoms with Gasteiger partial charge in [-0.15, -0.1) is 4.68 Å². The van der Waals surface area contributed by atoms with Crippen molar-refractivity contribution in [3.8, 4) is 11.1 Å². The summed E-state index contributed by atoms with van der Waals surface area (Å²) < 4.78 is 5.08. The standard InChI is InChI=1S/C51H37N3/c1-6-18-35(19-7-1)38-30-31-42-44-33-46-43(41-28-16-17-29-45(41)51(46,39-24-12-4-13-25-39)40-26-14-5-15-27-40)34-48(44)53(47(42)32-38)54-49(36-20-8-2-9-21-36)52-50(54)37-22-10-3-11-23-37/h1-31,33-34,38,49H,32H2/p+1. The van der Waals surface area contributed by atoms with Crippen LogP contribution in [0.1, 0.15) is 62.3 Å². The summed E-state index contributed by atoms with van der Waals surface area (Å²) in [6, 6.07) is 69.0. The van der Waals surface area contributed by atoms with E-state index in [1.165, 1.54) is 72.2 Å². The summed E-state index contributed by atoms with van der Waals surface area (Å²) in [7, 11) is 0. The number of amidine groups is 1. The highest BCUT2D eigenvalue weighted by Crippen LogP contribution is 2.57. The number of nitrogens with one attached hydrogen (secondary N) is 1. The summed E-state index contributed by atoms with van der Waals surface area (Å²) in [5, 5.41) is 5.17. The molecule has 0 saturated carbocycles. The lowest BCUT2D eigenvalue weighted by atomic mass is 9.67. The molecule has 2 heterocycles. The summed E-state index contributed by atoms with van der Waals surface area (Å²) in [6.07, 6.45) is 5.70. The topological polar surface area (TPSA) is 20.0 Å². The minimum absolute atomic E-state index is 0.0320. The molecule has 256 valence electrons. The maximum Gasteiger partial charge on any atom is 0.308 e. The van der Waals surface area contributed by atoms with E-state index >= 15 is 0 Å². The van der Waals surface area contributed by atoms with Gasteiger partial charge in [0.05, 0.1) is 22.2 Å². The van der Waals surface area contributed by atoms with Crippen LogP contribution in [0, 0.1) is 0 Å². The van der Waals surface area contributed by atoms with E-state index in [1.807, 2.05) is 0 Å². The molecule has 3 heteroatoms. The molecular weight excluding hydrogens is 655 g/mol. The van der Waals surface area contributed by atoms with E-state index in [2.05, 4.69) is 215 Å². The van der Waals surface area contributed by atoms with Crippen molar-refractivity contribution in [1.82, 2.24) is 9.99 Å². The van der Waals surface area contributed by atoms with Crippen LogP contribution in [-0.2, 0) is 11.8 Å². The Kier molecular flexibility index (Phi) is 6.96. The molecule has 54 heavy (non-hydrogen) atoms. The zero-order valence-electron chi connectivity index (χ0n) is 29.8. The Labute approximate surface area is 315 Å². The van der Waals surface area contributed by atoms with Crippen LogP contribution >= 0.6 is 0 Å². The quantitative estimate of drug-likeness (QED) is 0.172. The largest absolute Gasteiger partial charge is 0.308 e. The minimum Gasteiger partial charge on any atom is -0.226 e. The van der Waals surface area contributed by atoms with Crippen LogP contribution in [0.15, 0.2) is 194 Å². The Hall–Kier alpha value is -6.71. The maximum atomic E-state index is 3.89. The van der Waals surface area contributed by atoms with E-state index in [1.54, 1.807) is 0 Å². The molecule has 2 atom stereocenters. The van der Waals surface area contributed by atoms with Crippen molar-refractivity contribution in [3.63, 3.8) is 0 Å². The summed E-state index contributed by atoms with van der Waals surface area (Å²) in [5.74, 6) is 1.38. The smallest absolute Gasteiger partial charge is 0.226 e. The molecule has 0 bridgehead atoms. The van der Waals surface area contributed by atoms with Crippen LogP contribution in [0.2, 0.25) is 0 Å². The normalized spacial score (nSPS) is 17.7. The lowest BCUT2D eigenvalue weighted by molar-refractivity contribution is -0.656. The van der Waals surface area contributed by atoms with Gasteiger partial charge in [0.1, 0.15) is 0 Å². The Morgan fingerprint density at radius 3 is 1.80 bits per heavy atom. The SMILES string of the molecule is C1=CC(c2ccccc2)Cc2c1c1cc3c(cc1n2[N+]1=C(c2ccccc2)NC1c1ccccc1)-c1ccccc1C3(c1ccccc1)c1ccccc1. The van der Waals surface area contributed by atoms with Gasteiger partial charge in [-0.1, -0.05) is 176 Å². The molecule has 8 aromatic rings. The first-order valence-electron chi connectivity index (χ1n) is 19.0. The number of hydrogen-bond acceptors (Lipinski definition) is 1. The second kappa shape index (κ2) is 12.2. The van der Waals surface area contributed by atoms with Crippen molar-refractivity contribution in [2.75, 3.05) is 0 Å². The third-order valence-corrected chi connectivity index (χ3v) is 11.9. The average molecular weight is 693 g/mol. The van der Waals surface area contributed by atoms with Gasteiger partial charge >= 0.3 is 5.84 Å². The molecule has 3 aliphatic rings. The number of aromatic nitrogens is 1. The number of fused-ring (bicyclic) bond motifs is 6. The van der Waals surface area contributed by atoms with Crippen LogP contribution in [0.4, 0.5) is 0 Å². The monoisotopic (exact) mass is 692 g/mol. The Morgan fingerprint density at radius 2 is 1.13 bits per heavy atom. The van der Waals surface area contributed by atoms with Crippen molar-refractivity contribution in [2.24, 2.45) is 0 Å². The molecule has 0 fully saturated rings. The van der Waals surface area contributed by atoms with E-state index in [4.69, 9.17) is 0 Å². The molecule has 0 spiro atoms. The van der Waals surface area contributed by atoms with Gasteiger partial charge in [0, 0.05) is 28.9 Å². The molecule has 2 aliphatic carbocycles. The van der Waals surface area contributed by atoms with Gasteiger partial charge in [0.15, 0.2) is 0 Å². The summed E-state index contributed by atoms with van der Waals surface area (Å²) >= 11 is 0. The van der Waals surface area contributed by atoms with Crippen LogP contribution in [0.25, 0.3) is 28.1 Å². The third kappa shape index (κ3) is 4.45. The molecule has 2 unspecified atom stereocenters. The molecule has 11 rings (SSSR count). The van der Waals surface area contributed by atoms with Crippen molar-refractivity contribution < 1.29 is 4.68 Å². The Balaban J connectivity index is 1.25. The molecule has 0 amide bonds. The molecule has 0 saturated heterocycles. The fourth-order valence-electron chi connectivity index (χ4n) is 9.54. The highest BCUT2D eigenvalue weighted by molar-refractivity contribution is 6.01. The van der Waals surface area contributed by atoms with E-state index < -0.39 is 5.41 Å². The van der Waals surface area contributed by atoms with Gasteiger partial charge in [-0.05, 0) is 63.2 Å². The van der Waals surface area contributed by atoms with Crippen LogP contribution in [-0.4, -0.2) is 15.2 Å². The van der Waals surface area contributed by atoms with Crippen molar-refractivity contribution in [1.29, 1.82) is 0 Å². The number of benzene rings is 7. The van der Waals surface area contributed by atoms with Crippen LogP contribution < -0.4 is 5.32 Å². The predicted molar refractivity (Wildman–Crippen MR) is 220 cm³/mol. The minimum atomic E-state index is -0.464. The lowest BCUT2D eigenvalue weighted by Gasteiger charge is -2.34. The summed E-state index contributed by atoms with van der Waals surface area (Å²) in [6.45, 7) is 0. The highest BCUT2D eigenvalue weighted by Gasteiger charge is 2.48.